The average Bonchev–Trinajstić information content (AvgIpc) is 2.37. The molecule has 0 saturated carbocycles. The number of benzene rings is 2. The van der Waals surface area contributed by atoms with Crippen LogP contribution in [0.4, 0.5) is 11.4 Å². The molecule has 0 spiro atoms. The van der Waals surface area contributed by atoms with E-state index < -0.39 is 13.7 Å². The van der Waals surface area contributed by atoms with Crippen LogP contribution in [0, 0.1) is 13.7 Å². The van der Waals surface area contributed by atoms with Gasteiger partial charge in [0.15, 0.2) is 0 Å². The summed E-state index contributed by atoms with van der Waals surface area (Å²) in [5, 5.41) is 3.03. The Morgan fingerprint density at radius 2 is 1.40 bits per heavy atom. The summed E-state index contributed by atoms with van der Waals surface area (Å²) in [6.07, 6.45) is 0. The van der Waals surface area contributed by atoms with Gasteiger partial charge >= 0.3 is 0 Å². The zero-order valence-corrected chi connectivity index (χ0v) is 8.12. The fraction of sp³-hybridized carbons (Fsp3) is 0.143. The normalized spacial score (nSPS) is 17.6. The van der Waals surface area contributed by atoms with Crippen molar-refractivity contribution in [3.63, 3.8) is 0 Å². The van der Waals surface area contributed by atoms with Crippen LogP contribution in [-0.4, -0.2) is 0 Å². The second-order valence-electron chi connectivity index (χ2n) is 3.29. The zero-order chi connectivity index (χ0) is 15.7. The maximum Gasteiger partial charge on any atom is 0.0386 e. The van der Waals surface area contributed by atoms with Gasteiger partial charge in [0.2, 0.25) is 0 Å². The highest BCUT2D eigenvalue weighted by Gasteiger charge is 1.94. The molecule has 0 fully saturated rings. The maximum absolute atomic E-state index is 7.40. The topological polar surface area (TPSA) is 12.0 Å². The molecule has 0 amide bonds. The molecule has 0 heterocycles. The van der Waals surface area contributed by atoms with Crippen molar-refractivity contribution in [3.05, 3.63) is 59.7 Å². The lowest BCUT2D eigenvalue weighted by molar-refractivity contribution is 1.43. The van der Waals surface area contributed by atoms with Crippen LogP contribution in [0.15, 0.2) is 48.5 Å². The smallest absolute Gasteiger partial charge is 0.0386 e. The summed E-state index contributed by atoms with van der Waals surface area (Å²) < 4.78 is 44.4. The highest BCUT2D eigenvalue weighted by atomic mass is 14.9. The quantitative estimate of drug-likeness (QED) is 0.776. The van der Waals surface area contributed by atoms with Crippen molar-refractivity contribution in [2.24, 2.45) is 0 Å². The molecule has 0 aliphatic heterocycles. The molecule has 0 aliphatic rings. The molecule has 1 heteroatoms. The molecule has 2 rings (SSSR count). The van der Waals surface area contributed by atoms with Gasteiger partial charge in [-0.1, -0.05) is 24.3 Å². The van der Waals surface area contributed by atoms with Crippen LogP contribution in [0.25, 0.3) is 0 Å². The van der Waals surface area contributed by atoms with Crippen LogP contribution in [0.5, 0.6) is 0 Å². The molecule has 0 saturated heterocycles. The number of anilines is 2. The van der Waals surface area contributed by atoms with Crippen molar-refractivity contribution in [1.82, 2.24) is 0 Å². The predicted octanol–water partition coefficient (Wildman–Crippen LogP) is 4.05. The second kappa shape index (κ2) is 4.18. The first kappa shape index (κ1) is 4.84. The van der Waals surface area contributed by atoms with E-state index in [1.54, 1.807) is 24.3 Å². The summed E-state index contributed by atoms with van der Waals surface area (Å²) in [6, 6.07) is 12.9. The van der Waals surface area contributed by atoms with Crippen LogP contribution in [-0.2, 0) is 0 Å². The standard InChI is InChI=1S/C14H15N/c1-11-5-3-7-13(9-11)15-14-8-4-6-12(2)10-14/h3-10,15H,1-2H3/i1D3,2D3. The Labute approximate surface area is 99.2 Å². The molecule has 1 nitrogen and oxygen atoms in total. The van der Waals surface area contributed by atoms with Crippen molar-refractivity contribution >= 4 is 11.4 Å². The first-order chi connectivity index (χ1) is 9.66. The van der Waals surface area contributed by atoms with Crippen molar-refractivity contribution < 1.29 is 8.22 Å². The number of hydrogen-bond acceptors (Lipinski definition) is 1. The molecule has 2 aromatic carbocycles. The van der Waals surface area contributed by atoms with E-state index >= 15 is 0 Å². The average molecular weight is 203 g/mol. The summed E-state index contributed by atoms with van der Waals surface area (Å²) in [6.45, 7) is -4.34. The van der Waals surface area contributed by atoms with Gasteiger partial charge in [0.1, 0.15) is 0 Å². The molecule has 76 valence electrons. The molecule has 0 atom stereocenters. The highest BCUT2D eigenvalue weighted by molar-refractivity contribution is 5.60. The van der Waals surface area contributed by atoms with E-state index in [0.29, 0.717) is 11.4 Å². The summed E-state index contributed by atoms with van der Waals surface area (Å²) in [4.78, 5) is 0. The molecule has 1 N–H and O–H groups in total. The third kappa shape index (κ3) is 2.59. The summed E-state index contributed by atoms with van der Waals surface area (Å²) in [7, 11) is 0. The Morgan fingerprint density at radius 3 is 1.87 bits per heavy atom. The third-order valence-electron chi connectivity index (χ3n) is 2.01. The summed E-state index contributed by atoms with van der Waals surface area (Å²) >= 11 is 0. The summed E-state index contributed by atoms with van der Waals surface area (Å²) in [5.74, 6) is 0. The minimum Gasteiger partial charge on any atom is -0.356 e. The number of nitrogens with one attached hydrogen (secondary N) is 1. The van der Waals surface area contributed by atoms with E-state index in [-0.39, 0.29) is 11.1 Å². The van der Waals surface area contributed by atoms with Gasteiger partial charge in [-0.3, -0.25) is 0 Å². The Morgan fingerprint density at radius 1 is 0.867 bits per heavy atom. The van der Waals surface area contributed by atoms with Crippen LogP contribution in [0.1, 0.15) is 19.4 Å². The van der Waals surface area contributed by atoms with Gasteiger partial charge < -0.3 is 5.32 Å². The van der Waals surface area contributed by atoms with Crippen LogP contribution < -0.4 is 5.32 Å². The van der Waals surface area contributed by atoms with Crippen LogP contribution >= 0.6 is 0 Å². The van der Waals surface area contributed by atoms with Crippen molar-refractivity contribution in [3.8, 4) is 0 Å². The van der Waals surface area contributed by atoms with Gasteiger partial charge in [0.05, 0.1) is 0 Å². The van der Waals surface area contributed by atoms with Crippen LogP contribution in [0.3, 0.4) is 0 Å². The molecule has 0 unspecified atom stereocenters. The number of aryl methyl sites for hydroxylation is 2. The number of hydrogen-bond donors (Lipinski definition) is 1. The van der Waals surface area contributed by atoms with Crippen LogP contribution in [0.2, 0.25) is 0 Å². The predicted molar refractivity (Wildman–Crippen MR) is 65.6 cm³/mol. The Hall–Kier alpha value is -1.76. The Kier molecular flexibility index (Phi) is 1.35. The largest absolute Gasteiger partial charge is 0.356 e. The molecule has 0 bridgehead atoms. The van der Waals surface area contributed by atoms with Crippen molar-refractivity contribution in [2.45, 2.75) is 13.7 Å². The van der Waals surface area contributed by atoms with E-state index in [9.17, 15) is 0 Å². The first-order valence-corrected chi connectivity index (χ1v) is 4.64. The van der Waals surface area contributed by atoms with Gasteiger partial charge in [0.25, 0.3) is 0 Å². The van der Waals surface area contributed by atoms with E-state index in [1.807, 2.05) is 0 Å². The Balaban J connectivity index is 2.27. The Bertz CT molecular complexity index is 574. The lowest BCUT2D eigenvalue weighted by atomic mass is 10.2. The molecular weight excluding hydrogens is 182 g/mol. The number of rotatable bonds is 2. The van der Waals surface area contributed by atoms with Gasteiger partial charge in [-0.15, -0.1) is 0 Å². The van der Waals surface area contributed by atoms with Gasteiger partial charge in [-0.25, -0.2) is 0 Å². The zero-order valence-electron chi connectivity index (χ0n) is 14.1. The van der Waals surface area contributed by atoms with Gasteiger partial charge in [0, 0.05) is 19.6 Å². The lowest BCUT2D eigenvalue weighted by Crippen LogP contribution is -1.90. The first-order valence-electron chi connectivity index (χ1n) is 7.64. The van der Waals surface area contributed by atoms with E-state index in [2.05, 4.69) is 5.32 Å². The van der Waals surface area contributed by atoms with E-state index in [0.717, 1.165) is 0 Å². The minimum absolute atomic E-state index is 0.236. The minimum atomic E-state index is -2.17. The molecule has 0 aromatic heterocycles. The monoisotopic (exact) mass is 203 g/mol. The van der Waals surface area contributed by atoms with E-state index in [4.69, 9.17) is 8.22 Å². The van der Waals surface area contributed by atoms with E-state index in [1.165, 1.54) is 24.3 Å². The SMILES string of the molecule is [2H]C([2H])([2H])c1cccc(Nc2cccc(C([2H])([2H])[2H])c2)c1. The van der Waals surface area contributed by atoms with Crippen molar-refractivity contribution in [2.75, 3.05) is 5.32 Å². The summed E-state index contributed by atoms with van der Waals surface area (Å²) in [5.41, 5.74) is 1.68. The van der Waals surface area contributed by atoms with Gasteiger partial charge in [-0.05, 0) is 49.1 Å². The van der Waals surface area contributed by atoms with Gasteiger partial charge in [-0.2, -0.15) is 0 Å². The molecular formula is C14H15N. The molecule has 15 heavy (non-hydrogen) atoms. The fourth-order valence-corrected chi connectivity index (χ4v) is 1.36. The molecule has 0 radical (unpaired) electrons. The molecule has 2 aromatic rings. The second-order valence-corrected chi connectivity index (χ2v) is 3.29. The van der Waals surface area contributed by atoms with Crippen molar-refractivity contribution in [1.29, 1.82) is 0 Å². The lowest BCUT2D eigenvalue weighted by Gasteiger charge is -2.07. The third-order valence-corrected chi connectivity index (χ3v) is 2.01. The molecule has 0 aliphatic carbocycles. The maximum atomic E-state index is 7.40. The highest BCUT2D eigenvalue weighted by Crippen LogP contribution is 2.18. The fourth-order valence-electron chi connectivity index (χ4n) is 1.36.